The molecule has 38 heavy (non-hydrogen) atoms. The minimum absolute atomic E-state index is 0.0656. The summed E-state index contributed by atoms with van der Waals surface area (Å²) < 4.78 is 7.62. The molecule has 6 rings (SSSR count). The molecule has 10 heteroatoms. The minimum Gasteiger partial charge on any atom is -0.496 e. The van der Waals surface area contributed by atoms with Crippen LogP contribution in [0.4, 0.5) is 11.8 Å². The van der Waals surface area contributed by atoms with E-state index in [9.17, 15) is 4.79 Å². The third-order valence-corrected chi connectivity index (χ3v) is 8.65. The van der Waals surface area contributed by atoms with Gasteiger partial charge in [-0.2, -0.15) is 10.1 Å². The van der Waals surface area contributed by atoms with Gasteiger partial charge in [-0.1, -0.05) is 6.07 Å². The van der Waals surface area contributed by atoms with Crippen molar-refractivity contribution in [1.82, 2.24) is 30.0 Å². The second-order valence-electron chi connectivity index (χ2n) is 11.6. The minimum atomic E-state index is -0.0656. The van der Waals surface area contributed by atoms with Gasteiger partial charge in [0.2, 0.25) is 5.95 Å². The highest BCUT2D eigenvalue weighted by Gasteiger charge is 2.52. The van der Waals surface area contributed by atoms with Gasteiger partial charge in [-0.15, -0.1) is 0 Å². The molecule has 1 saturated heterocycles. The fraction of sp³-hybridized carbons (Fsp3) is 0.571. The summed E-state index contributed by atoms with van der Waals surface area (Å²) in [5.41, 5.74) is 10.6. The molecule has 1 aromatic carbocycles. The number of benzene rings is 1. The number of aryl methyl sites for hydroxylation is 1. The number of likely N-dealkylation sites (tertiary alicyclic amines) is 1. The number of rotatable bonds is 8. The van der Waals surface area contributed by atoms with Gasteiger partial charge in [-0.3, -0.25) is 9.48 Å². The third kappa shape index (κ3) is 4.89. The molecule has 0 atom stereocenters. The molecule has 2 aromatic heterocycles. The average molecular weight is 519 g/mol. The highest BCUT2D eigenvalue weighted by atomic mass is 16.5. The van der Waals surface area contributed by atoms with Crippen molar-refractivity contribution in [2.24, 2.45) is 11.3 Å². The van der Waals surface area contributed by atoms with Gasteiger partial charge in [-0.05, 0) is 89.1 Å². The Hall–Kier alpha value is -3.40. The van der Waals surface area contributed by atoms with Crippen LogP contribution in [0, 0.1) is 18.3 Å². The summed E-state index contributed by atoms with van der Waals surface area (Å²) >= 11 is 0. The Bertz CT molecular complexity index is 1350. The van der Waals surface area contributed by atoms with E-state index in [1.807, 2.05) is 29.8 Å². The number of carbonyl (C=O) groups excluding carboxylic acids is 1. The molecule has 2 saturated carbocycles. The van der Waals surface area contributed by atoms with E-state index < -0.39 is 0 Å². The maximum absolute atomic E-state index is 13.0. The topological polar surface area (TPSA) is 123 Å². The molecule has 1 amide bonds. The van der Waals surface area contributed by atoms with Gasteiger partial charge in [0.05, 0.1) is 19.3 Å². The van der Waals surface area contributed by atoms with E-state index in [-0.39, 0.29) is 17.9 Å². The van der Waals surface area contributed by atoms with Gasteiger partial charge in [-0.25, -0.2) is 4.98 Å². The Labute approximate surface area is 223 Å². The summed E-state index contributed by atoms with van der Waals surface area (Å²) in [6.07, 6.45) is 7.32. The van der Waals surface area contributed by atoms with Crippen LogP contribution in [-0.4, -0.2) is 70.4 Å². The zero-order valence-corrected chi connectivity index (χ0v) is 22.6. The molecule has 3 aromatic rings. The second kappa shape index (κ2) is 9.72. The van der Waals surface area contributed by atoms with Crippen LogP contribution in [0.15, 0.2) is 18.2 Å². The largest absolute Gasteiger partial charge is 0.496 e. The van der Waals surface area contributed by atoms with Gasteiger partial charge in [0.1, 0.15) is 16.8 Å². The van der Waals surface area contributed by atoms with E-state index in [0.717, 1.165) is 60.6 Å². The Kier molecular flexibility index (Phi) is 6.37. The quantitative estimate of drug-likeness (QED) is 0.415. The summed E-state index contributed by atoms with van der Waals surface area (Å²) in [6.45, 7) is 5.27. The molecule has 0 radical (unpaired) electrons. The summed E-state index contributed by atoms with van der Waals surface area (Å²) in [4.78, 5) is 24.3. The maximum atomic E-state index is 13.0. The number of methoxy groups -OCH3 is 1. The molecule has 0 bridgehead atoms. The first kappa shape index (κ1) is 24.9. The van der Waals surface area contributed by atoms with Crippen LogP contribution in [0.25, 0.3) is 11.0 Å². The van der Waals surface area contributed by atoms with Gasteiger partial charge < -0.3 is 26.0 Å². The Balaban J connectivity index is 1.21. The predicted octanol–water partition coefficient (Wildman–Crippen LogP) is 3.20. The van der Waals surface area contributed by atoms with Crippen molar-refractivity contribution in [2.45, 2.75) is 58.0 Å². The first-order valence-corrected chi connectivity index (χ1v) is 13.7. The summed E-state index contributed by atoms with van der Waals surface area (Å²) in [5, 5.41) is 11.5. The number of piperidine rings is 1. The van der Waals surface area contributed by atoms with Crippen molar-refractivity contribution >= 4 is 28.7 Å². The van der Waals surface area contributed by atoms with Crippen LogP contribution in [0.5, 0.6) is 5.75 Å². The van der Waals surface area contributed by atoms with Crippen molar-refractivity contribution < 1.29 is 9.53 Å². The SMILES string of the molecule is COc1cc(C(=O)NC2CCN(C)CC2)ccc1Cn1nc(C)c2nc(N)nc(NCC3CC4(CC4)C3)c21. The van der Waals surface area contributed by atoms with Gasteiger partial charge in [0, 0.05) is 23.7 Å². The van der Waals surface area contributed by atoms with Crippen LogP contribution in [-0.2, 0) is 6.54 Å². The molecule has 2 aliphatic carbocycles. The molecule has 1 aliphatic heterocycles. The number of nitrogens with zero attached hydrogens (tertiary/aromatic N) is 5. The van der Waals surface area contributed by atoms with Crippen molar-refractivity contribution in [2.75, 3.05) is 44.8 Å². The van der Waals surface area contributed by atoms with Crippen molar-refractivity contribution in [3.8, 4) is 5.75 Å². The van der Waals surface area contributed by atoms with Crippen molar-refractivity contribution in [3.05, 3.63) is 35.0 Å². The van der Waals surface area contributed by atoms with E-state index in [2.05, 4.69) is 32.5 Å². The molecular formula is C28H38N8O2. The number of hydrogen-bond donors (Lipinski definition) is 3. The van der Waals surface area contributed by atoms with E-state index in [1.165, 1.54) is 25.7 Å². The predicted molar refractivity (Wildman–Crippen MR) is 147 cm³/mol. The van der Waals surface area contributed by atoms with Crippen LogP contribution < -0.4 is 21.1 Å². The second-order valence-corrected chi connectivity index (χ2v) is 11.6. The number of hydrogen-bond acceptors (Lipinski definition) is 8. The lowest BCUT2D eigenvalue weighted by molar-refractivity contribution is 0.0916. The number of anilines is 2. The monoisotopic (exact) mass is 518 g/mol. The highest BCUT2D eigenvalue weighted by Crippen LogP contribution is 2.63. The summed E-state index contributed by atoms with van der Waals surface area (Å²) in [6, 6.07) is 5.82. The molecule has 202 valence electrons. The number of nitrogens with two attached hydrogens (primary N) is 1. The molecule has 10 nitrogen and oxygen atoms in total. The third-order valence-electron chi connectivity index (χ3n) is 8.65. The molecule has 3 aliphatic rings. The first-order chi connectivity index (χ1) is 18.3. The van der Waals surface area contributed by atoms with Crippen molar-refractivity contribution in [3.63, 3.8) is 0 Å². The molecule has 1 spiro atoms. The molecular weight excluding hydrogens is 480 g/mol. The van der Waals surface area contributed by atoms with Crippen molar-refractivity contribution in [1.29, 1.82) is 0 Å². The number of aromatic nitrogens is 4. The lowest BCUT2D eigenvalue weighted by atomic mass is 9.72. The van der Waals surface area contributed by atoms with Crippen LogP contribution in [0.1, 0.15) is 60.1 Å². The van der Waals surface area contributed by atoms with E-state index in [0.29, 0.717) is 29.2 Å². The molecule has 3 fully saturated rings. The Morgan fingerprint density at radius 3 is 2.68 bits per heavy atom. The Morgan fingerprint density at radius 1 is 1.21 bits per heavy atom. The Morgan fingerprint density at radius 2 is 1.97 bits per heavy atom. The molecule has 3 heterocycles. The lowest BCUT2D eigenvalue weighted by Gasteiger charge is -2.36. The number of nitrogen functional groups attached to an aromatic ring is 1. The highest BCUT2D eigenvalue weighted by molar-refractivity contribution is 5.95. The summed E-state index contributed by atoms with van der Waals surface area (Å²) in [7, 11) is 3.75. The maximum Gasteiger partial charge on any atom is 0.251 e. The van der Waals surface area contributed by atoms with E-state index in [4.69, 9.17) is 15.6 Å². The zero-order valence-electron chi connectivity index (χ0n) is 22.6. The number of amides is 1. The average Bonchev–Trinajstić information content (AvgIpc) is 3.62. The lowest BCUT2D eigenvalue weighted by Crippen LogP contribution is -2.43. The number of ether oxygens (including phenoxy) is 1. The smallest absolute Gasteiger partial charge is 0.251 e. The van der Waals surface area contributed by atoms with Crippen LogP contribution in [0.3, 0.4) is 0 Å². The van der Waals surface area contributed by atoms with Crippen LogP contribution >= 0.6 is 0 Å². The fourth-order valence-corrected chi connectivity index (χ4v) is 6.22. The zero-order chi connectivity index (χ0) is 26.4. The van der Waals surface area contributed by atoms with Gasteiger partial charge >= 0.3 is 0 Å². The van der Waals surface area contributed by atoms with Crippen LogP contribution in [0.2, 0.25) is 0 Å². The summed E-state index contributed by atoms with van der Waals surface area (Å²) in [5.74, 6) is 2.22. The van der Waals surface area contributed by atoms with Gasteiger partial charge in [0.25, 0.3) is 5.91 Å². The fourth-order valence-electron chi connectivity index (χ4n) is 6.22. The number of fused-ring (bicyclic) bond motifs is 1. The number of nitrogens with one attached hydrogen (secondary N) is 2. The molecule has 4 N–H and O–H groups in total. The molecule has 0 unspecified atom stereocenters. The first-order valence-electron chi connectivity index (χ1n) is 13.7. The normalized spacial score (nSPS) is 19.4. The van der Waals surface area contributed by atoms with E-state index >= 15 is 0 Å². The van der Waals surface area contributed by atoms with Gasteiger partial charge in [0.15, 0.2) is 5.82 Å². The number of carbonyl (C=O) groups is 1. The standard InChI is InChI=1S/C28H38N8O2/c1-17-23-24(25(33-27(29)32-23)30-15-18-13-28(14-18)8-9-28)36(34-17)16-20-5-4-19(12-22(20)38-3)26(37)31-21-6-10-35(2)11-7-21/h4-5,12,18,21H,6-11,13-16H2,1-3H3,(H,31,37)(H3,29,30,32,33). The van der Waals surface area contributed by atoms with E-state index in [1.54, 1.807) is 7.11 Å².